The summed E-state index contributed by atoms with van der Waals surface area (Å²) in [6.45, 7) is 14.8. The van der Waals surface area contributed by atoms with Crippen LogP contribution in [0.1, 0.15) is 36.8 Å². The molecular weight excluding hydrogens is 604 g/mol. The van der Waals surface area contributed by atoms with Gasteiger partial charge in [-0.3, -0.25) is 0 Å². The average molecular weight is 634 g/mol. The third kappa shape index (κ3) is 3.13. The second-order valence-corrected chi connectivity index (χ2v) is 20.1. The quantitative estimate of drug-likeness (QED) is 0.209. The topological polar surface area (TPSA) is 0 Å². The number of aryl methyl sites for hydroxylation is 1. The Hall–Kier alpha value is -1.84. The average Bonchev–Trinajstić information content (AvgIpc) is 3.62. The van der Waals surface area contributed by atoms with Crippen molar-refractivity contribution in [3.8, 4) is 11.1 Å². The van der Waals surface area contributed by atoms with Crippen LogP contribution in [0, 0.1) is 12.8 Å². The molecule has 0 nitrogen and oxygen atoms in total. The van der Waals surface area contributed by atoms with Gasteiger partial charge in [0.1, 0.15) is 0 Å². The van der Waals surface area contributed by atoms with Gasteiger partial charge in [0.15, 0.2) is 0 Å². The van der Waals surface area contributed by atoms with Gasteiger partial charge in [-0.1, -0.05) is 0 Å². The molecule has 0 radical (unpaired) electrons. The van der Waals surface area contributed by atoms with Crippen LogP contribution in [0.2, 0.25) is 13.1 Å². The number of rotatable bonds is 2. The molecule has 1 unspecified atom stereocenters. The second kappa shape index (κ2) is 8.35. The molecule has 188 valence electrons. The van der Waals surface area contributed by atoms with Gasteiger partial charge in [-0.15, -0.1) is 0 Å². The van der Waals surface area contributed by atoms with Crippen molar-refractivity contribution >= 4 is 66.9 Å². The van der Waals surface area contributed by atoms with Gasteiger partial charge in [-0.2, -0.15) is 0 Å². The summed E-state index contributed by atoms with van der Waals surface area (Å²) in [6.07, 6.45) is 2.55. The molecule has 2 aliphatic carbocycles. The Balaban J connectivity index is 1.62. The van der Waals surface area contributed by atoms with Gasteiger partial charge in [0.05, 0.1) is 0 Å². The molecule has 4 aromatic rings. The molecular formula is C35H30S2SiZr+2. The molecule has 4 aliphatic rings. The van der Waals surface area contributed by atoms with E-state index < -0.39 is 8.07 Å². The van der Waals surface area contributed by atoms with E-state index in [2.05, 4.69) is 113 Å². The molecule has 3 aromatic carbocycles. The molecule has 2 bridgehead atoms. The summed E-state index contributed by atoms with van der Waals surface area (Å²) in [5.41, 5.74) is 12.1. The zero-order valence-electron chi connectivity index (χ0n) is 23.2. The number of thioether (sulfide) groups is 1. The summed E-state index contributed by atoms with van der Waals surface area (Å²) < 4.78 is 3.09. The van der Waals surface area contributed by atoms with Gasteiger partial charge in [0.2, 0.25) is 0 Å². The van der Waals surface area contributed by atoms with Gasteiger partial charge >= 0.3 is 256 Å². The molecule has 0 fully saturated rings. The van der Waals surface area contributed by atoms with E-state index in [0.29, 0.717) is 11.2 Å². The Morgan fingerprint density at radius 1 is 0.974 bits per heavy atom. The minimum absolute atomic E-state index is 0.472. The normalized spacial score (nSPS) is 21.6. The Kier molecular flexibility index (Phi) is 5.34. The predicted octanol–water partition coefficient (Wildman–Crippen LogP) is 7.27. The molecule has 0 spiro atoms. The maximum atomic E-state index is 2.64. The first-order chi connectivity index (χ1) is 18.7. The third-order valence-electron chi connectivity index (χ3n) is 9.36. The van der Waals surface area contributed by atoms with Crippen molar-refractivity contribution in [2.24, 2.45) is 5.92 Å². The Morgan fingerprint density at radius 3 is 2.49 bits per heavy atom. The maximum absolute atomic E-state index is 2.64. The molecule has 4 heteroatoms. The van der Waals surface area contributed by atoms with Crippen molar-refractivity contribution in [3.05, 3.63) is 97.4 Å². The van der Waals surface area contributed by atoms with E-state index in [0.717, 1.165) is 0 Å². The van der Waals surface area contributed by atoms with Crippen molar-refractivity contribution in [2.75, 3.05) is 0 Å². The van der Waals surface area contributed by atoms with Crippen LogP contribution in [0.5, 0.6) is 0 Å². The zero-order valence-corrected chi connectivity index (χ0v) is 28.3. The zero-order chi connectivity index (χ0) is 27.0. The number of benzene rings is 3. The Bertz CT molecular complexity index is 2020. The summed E-state index contributed by atoms with van der Waals surface area (Å²) >= 11 is 5.73. The van der Waals surface area contributed by atoms with E-state index in [1.54, 1.807) is 59.8 Å². The van der Waals surface area contributed by atoms with Gasteiger partial charge in [-0.25, -0.2) is 0 Å². The number of thiophene rings is 1. The van der Waals surface area contributed by atoms with E-state index in [1.807, 2.05) is 11.3 Å². The van der Waals surface area contributed by atoms with Gasteiger partial charge in [0, 0.05) is 0 Å². The van der Waals surface area contributed by atoms with Gasteiger partial charge in [-0.05, 0) is 0 Å². The molecule has 1 aromatic heterocycles. The fraction of sp³-hybridized carbons (Fsp3) is 0.229. The predicted molar refractivity (Wildman–Crippen MR) is 171 cm³/mol. The van der Waals surface area contributed by atoms with E-state index in [1.165, 1.54) is 52.9 Å². The Labute approximate surface area is 254 Å². The van der Waals surface area contributed by atoms with Gasteiger partial charge in [0.25, 0.3) is 0 Å². The summed E-state index contributed by atoms with van der Waals surface area (Å²) in [5, 5.41) is 8.49. The third-order valence-corrected chi connectivity index (χ3v) is 17.6. The molecule has 39 heavy (non-hydrogen) atoms. The van der Waals surface area contributed by atoms with Crippen molar-refractivity contribution in [1.82, 2.24) is 0 Å². The Morgan fingerprint density at radius 2 is 1.74 bits per heavy atom. The molecule has 0 saturated carbocycles. The van der Waals surface area contributed by atoms with Crippen LogP contribution in [0.4, 0.5) is 0 Å². The summed E-state index contributed by atoms with van der Waals surface area (Å²) in [6, 6.07) is 20.8. The number of hydrogen-bond donors (Lipinski definition) is 0. The molecule has 3 heterocycles. The fourth-order valence-corrected chi connectivity index (χ4v) is 16.1. The SMILES string of the molecule is CC1=C2C3=c4c(cc(=C5C(C(C)C)=Cc6c5sc5cccc(C)c65)c(c4-c4ccccc4)[Si]2(C)C)SC3[C]1=[Zr+2]. The van der Waals surface area contributed by atoms with Crippen LogP contribution in [-0.4, -0.2) is 16.5 Å². The number of allylic oxidation sites excluding steroid dienone is 3. The first kappa shape index (κ1) is 24.9. The first-order valence-electron chi connectivity index (χ1n) is 13.9. The summed E-state index contributed by atoms with van der Waals surface area (Å²) in [5.74, 6) is 0.472. The van der Waals surface area contributed by atoms with E-state index >= 15 is 0 Å². The molecule has 8 rings (SSSR count). The van der Waals surface area contributed by atoms with Crippen LogP contribution < -0.4 is 15.6 Å². The van der Waals surface area contributed by atoms with E-state index in [9.17, 15) is 0 Å². The second-order valence-electron chi connectivity index (χ2n) is 12.3. The van der Waals surface area contributed by atoms with Crippen LogP contribution in [0.3, 0.4) is 0 Å². The number of hydrogen-bond acceptors (Lipinski definition) is 2. The summed E-state index contributed by atoms with van der Waals surface area (Å²) in [4.78, 5) is 2.99. The fourth-order valence-electron chi connectivity index (χ4n) is 7.76. The standard InChI is InChI=1S/C35H30S2Si.Zr/c1-18(2)22-16-23-28-19(3)11-10-14-25(28)37-33(23)30(22)24-17-27-31-29(21-12-8-7-9-13-21)35(24)38(5,6)34-20(4)15-26(36-27)32(31)34;/h7-14,16-18,26H,1-6H3;/q;+2. The van der Waals surface area contributed by atoms with Crippen molar-refractivity contribution in [1.29, 1.82) is 0 Å². The van der Waals surface area contributed by atoms with Crippen molar-refractivity contribution in [2.45, 2.75) is 50.9 Å². The van der Waals surface area contributed by atoms with Crippen molar-refractivity contribution in [3.63, 3.8) is 0 Å². The van der Waals surface area contributed by atoms with E-state index in [-0.39, 0.29) is 0 Å². The van der Waals surface area contributed by atoms with Gasteiger partial charge < -0.3 is 0 Å². The first-order valence-corrected chi connectivity index (χ1v) is 19.9. The van der Waals surface area contributed by atoms with Crippen LogP contribution >= 0.6 is 23.1 Å². The molecule has 2 aliphatic heterocycles. The van der Waals surface area contributed by atoms with Crippen molar-refractivity contribution < 1.29 is 24.2 Å². The summed E-state index contributed by atoms with van der Waals surface area (Å²) in [7, 11) is -2.02. The number of fused-ring (bicyclic) bond motifs is 4. The van der Waals surface area contributed by atoms with E-state index in [4.69, 9.17) is 0 Å². The monoisotopic (exact) mass is 632 g/mol. The molecule has 1 atom stereocenters. The van der Waals surface area contributed by atoms with Crippen LogP contribution in [-0.2, 0) is 24.2 Å². The minimum atomic E-state index is -2.02. The van der Waals surface area contributed by atoms with Crippen LogP contribution in [0.25, 0.3) is 38.4 Å². The van der Waals surface area contributed by atoms with Crippen LogP contribution in [0.15, 0.2) is 75.8 Å². The molecule has 0 saturated heterocycles. The molecule has 0 N–H and O–H groups in total. The molecule has 0 amide bonds.